The molecule has 1 aromatic rings. The lowest BCUT2D eigenvalue weighted by molar-refractivity contribution is -0.387. The van der Waals surface area contributed by atoms with Crippen LogP contribution in [0.2, 0.25) is 0 Å². The Labute approximate surface area is 112 Å². The Morgan fingerprint density at radius 2 is 2.05 bits per heavy atom. The van der Waals surface area contributed by atoms with Crippen molar-refractivity contribution < 1.29 is 23.6 Å². The number of hydrogen-bond acceptors (Lipinski definition) is 4. The van der Waals surface area contributed by atoms with Crippen LogP contribution in [-0.4, -0.2) is 28.1 Å². The number of rotatable bonds is 4. The fourth-order valence-corrected chi connectivity index (χ4v) is 1.95. The van der Waals surface area contributed by atoms with Crippen molar-refractivity contribution in [2.45, 2.75) is 24.9 Å². The highest BCUT2D eigenvalue weighted by molar-refractivity contribution is 5.95. The maximum absolute atomic E-state index is 13.5. The van der Waals surface area contributed by atoms with Gasteiger partial charge in [0.2, 0.25) is 5.82 Å². The molecule has 1 fully saturated rings. The third kappa shape index (κ3) is 2.74. The molecule has 1 amide bonds. The molecule has 1 aliphatic rings. The van der Waals surface area contributed by atoms with Gasteiger partial charge in [-0.3, -0.25) is 14.9 Å². The van der Waals surface area contributed by atoms with Gasteiger partial charge in [-0.2, -0.15) is 4.39 Å². The van der Waals surface area contributed by atoms with Crippen LogP contribution >= 0.6 is 0 Å². The number of nitrogens with one attached hydrogen (secondary N) is 1. The number of carbonyl (C=O) groups excluding carboxylic acids is 1. The van der Waals surface area contributed by atoms with Crippen LogP contribution in [0.15, 0.2) is 12.1 Å². The maximum Gasteiger partial charge on any atom is 0.305 e. The fraction of sp³-hybridized carbons (Fsp3) is 0.417. The lowest BCUT2D eigenvalue weighted by Crippen LogP contribution is -2.47. The lowest BCUT2D eigenvalue weighted by Gasteiger charge is -2.36. The van der Waals surface area contributed by atoms with Crippen molar-refractivity contribution in [3.05, 3.63) is 39.4 Å². The van der Waals surface area contributed by atoms with Crippen molar-refractivity contribution in [1.29, 1.82) is 0 Å². The van der Waals surface area contributed by atoms with E-state index in [0.29, 0.717) is 25.0 Å². The molecule has 1 aromatic carbocycles. The molecule has 0 saturated heterocycles. The Balaban J connectivity index is 2.16. The molecule has 1 saturated carbocycles. The van der Waals surface area contributed by atoms with Crippen LogP contribution in [0.5, 0.6) is 0 Å². The number of carbonyl (C=O) groups is 1. The minimum absolute atomic E-state index is 0.0730. The highest BCUT2D eigenvalue weighted by Gasteiger charge is 2.35. The zero-order valence-corrected chi connectivity index (χ0v) is 10.4. The minimum Gasteiger partial charge on any atom is -0.388 e. The molecule has 20 heavy (non-hydrogen) atoms. The van der Waals surface area contributed by atoms with Crippen molar-refractivity contribution in [2.75, 3.05) is 6.54 Å². The zero-order valence-electron chi connectivity index (χ0n) is 10.4. The second-order valence-corrected chi connectivity index (χ2v) is 4.80. The van der Waals surface area contributed by atoms with Crippen LogP contribution in [0.3, 0.4) is 0 Å². The number of benzene rings is 1. The van der Waals surface area contributed by atoms with E-state index in [4.69, 9.17) is 0 Å². The van der Waals surface area contributed by atoms with Crippen LogP contribution in [0.1, 0.15) is 29.6 Å². The summed E-state index contributed by atoms with van der Waals surface area (Å²) in [6, 6.07) is 0.843. The summed E-state index contributed by atoms with van der Waals surface area (Å²) in [4.78, 5) is 21.2. The molecule has 0 spiro atoms. The van der Waals surface area contributed by atoms with Gasteiger partial charge in [0, 0.05) is 18.7 Å². The molecule has 0 radical (unpaired) electrons. The largest absolute Gasteiger partial charge is 0.388 e. The molecule has 0 bridgehead atoms. The zero-order chi connectivity index (χ0) is 14.9. The molecule has 0 heterocycles. The minimum atomic E-state index is -1.35. The predicted octanol–water partition coefficient (Wildman–Crippen LogP) is 1.52. The molecular weight excluding hydrogens is 274 g/mol. The standard InChI is InChI=1S/C12H12F2N2O4/c13-8-5-9(14)10(16(19)20)4-7(8)11(17)15-6-12(18)2-1-3-12/h4-5,18H,1-3,6H2,(H,15,17). The summed E-state index contributed by atoms with van der Waals surface area (Å²) in [7, 11) is 0. The molecule has 2 rings (SSSR count). The summed E-state index contributed by atoms with van der Waals surface area (Å²) < 4.78 is 26.6. The maximum atomic E-state index is 13.5. The predicted molar refractivity (Wildman–Crippen MR) is 64.1 cm³/mol. The number of amides is 1. The average molecular weight is 286 g/mol. The second kappa shape index (κ2) is 5.12. The first-order valence-corrected chi connectivity index (χ1v) is 5.96. The van der Waals surface area contributed by atoms with Gasteiger partial charge in [-0.1, -0.05) is 0 Å². The van der Waals surface area contributed by atoms with E-state index in [1.165, 1.54) is 0 Å². The average Bonchev–Trinajstić information content (AvgIpc) is 2.33. The normalized spacial score (nSPS) is 16.4. The summed E-state index contributed by atoms with van der Waals surface area (Å²) in [5.74, 6) is -3.46. The number of halogens is 2. The second-order valence-electron chi connectivity index (χ2n) is 4.80. The molecule has 0 unspecified atom stereocenters. The van der Waals surface area contributed by atoms with Gasteiger partial charge in [-0.15, -0.1) is 0 Å². The molecule has 2 N–H and O–H groups in total. The van der Waals surface area contributed by atoms with E-state index in [9.17, 15) is 28.8 Å². The Bertz CT molecular complexity index is 573. The first-order valence-electron chi connectivity index (χ1n) is 5.96. The van der Waals surface area contributed by atoms with Gasteiger partial charge in [-0.05, 0) is 19.3 Å². The van der Waals surface area contributed by atoms with Gasteiger partial charge in [0.15, 0.2) is 0 Å². The molecular formula is C12H12F2N2O4. The molecule has 108 valence electrons. The van der Waals surface area contributed by atoms with Crippen molar-refractivity contribution in [1.82, 2.24) is 5.32 Å². The van der Waals surface area contributed by atoms with Crippen LogP contribution in [-0.2, 0) is 0 Å². The molecule has 6 nitrogen and oxygen atoms in total. The smallest absolute Gasteiger partial charge is 0.305 e. The van der Waals surface area contributed by atoms with Crippen molar-refractivity contribution in [2.24, 2.45) is 0 Å². The molecule has 0 aliphatic heterocycles. The Kier molecular flexibility index (Phi) is 3.67. The van der Waals surface area contributed by atoms with Gasteiger partial charge in [0.05, 0.1) is 16.1 Å². The first kappa shape index (κ1) is 14.3. The van der Waals surface area contributed by atoms with E-state index in [-0.39, 0.29) is 6.54 Å². The summed E-state index contributed by atoms with van der Waals surface area (Å²) in [6.07, 6.45) is 1.89. The van der Waals surface area contributed by atoms with E-state index >= 15 is 0 Å². The van der Waals surface area contributed by atoms with Gasteiger partial charge in [0.1, 0.15) is 5.82 Å². The van der Waals surface area contributed by atoms with Crippen LogP contribution < -0.4 is 5.32 Å². The molecule has 0 aromatic heterocycles. The van der Waals surface area contributed by atoms with Crippen LogP contribution in [0, 0.1) is 21.7 Å². The number of hydrogen-bond donors (Lipinski definition) is 2. The van der Waals surface area contributed by atoms with Gasteiger partial charge < -0.3 is 10.4 Å². The number of nitro groups is 1. The summed E-state index contributed by atoms with van der Waals surface area (Å²) in [5, 5.41) is 22.6. The Morgan fingerprint density at radius 1 is 1.40 bits per heavy atom. The first-order chi connectivity index (χ1) is 9.32. The molecule has 1 aliphatic carbocycles. The third-order valence-electron chi connectivity index (χ3n) is 3.34. The quantitative estimate of drug-likeness (QED) is 0.648. The Morgan fingerprint density at radius 3 is 2.55 bits per heavy atom. The van der Waals surface area contributed by atoms with Gasteiger partial charge in [-0.25, -0.2) is 4.39 Å². The van der Waals surface area contributed by atoms with Crippen LogP contribution in [0.25, 0.3) is 0 Å². The van der Waals surface area contributed by atoms with E-state index in [2.05, 4.69) is 5.32 Å². The molecule has 8 heteroatoms. The van der Waals surface area contributed by atoms with Crippen LogP contribution in [0.4, 0.5) is 14.5 Å². The summed E-state index contributed by atoms with van der Waals surface area (Å²) >= 11 is 0. The van der Waals surface area contributed by atoms with E-state index in [0.717, 1.165) is 6.42 Å². The molecule has 0 atom stereocenters. The summed E-state index contributed by atoms with van der Waals surface area (Å²) in [5.41, 5.74) is -2.60. The number of aliphatic hydroxyl groups is 1. The lowest BCUT2D eigenvalue weighted by atomic mass is 9.80. The van der Waals surface area contributed by atoms with Gasteiger partial charge >= 0.3 is 5.69 Å². The number of nitro benzene ring substituents is 1. The number of nitrogens with zero attached hydrogens (tertiary/aromatic N) is 1. The third-order valence-corrected chi connectivity index (χ3v) is 3.34. The topological polar surface area (TPSA) is 92.5 Å². The van der Waals surface area contributed by atoms with Gasteiger partial charge in [0.25, 0.3) is 5.91 Å². The van der Waals surface area contributed by atoms with E-state index < -0.39 is 39.3 Å². The van der Waals surface area contributed by atoms with Crippen molar-refractivity contribution >= 4 is 11.6 Å². The Hall–Kier alpha value is -2.09. The van der Waals surface area contributed by atoms with E-state index in [1.807, 2.05) is 0 Å². The monoisotopic (exact) mass is 286 g/mol. The van der Waals surface area contributed by atoms with Crippen molar-refractivity contribution in [3.63, 3.8) is 0 Å². The summed E-state index contributed by atoms with van der Waals surface area (Å²) in [6.45, 7) is -0.0730. The highest BCUT2D eigenvalue weighted by Crippen LogP contribution is 2.30. The van der Waals surface area contributed by atoms with E-state index in [1.54, 1.807) is 0 Å². The SMILES string of the molecule is O=C(NCC1(O)CCC1)c1cc([N+](=O)[O-])c(F)cc1F. The van der Waals surface area contributed by atoms with Crippen molar-refractivity contribution in [3.8, 4) is 0 Å². The highest BCUT2D eigenvalue weighted by atomic mass is 19.1. The fourth-order valence-electron chi connectivity index (χ4n) is 1.95.